The van der Waals surface area contributed by atoms with E-state index in [-0.39, 0.29) is 5.56 Å². The molecule has 0 saturated heterocycles. The number of hydrogen-bond acceptors (Lipinski definition) is 2. The van der Waals surface area contributed by atoms with Gasteiger partial charge in [-0.15, -0.1) is 0 Å². The Bertz CT molecular complexity index is 894. The van der Waals surface area contributed by atoms with Gasteiger partial charge in [0, 0.05) is 15.4 Å². The molecular formula is C17H11BrClNO2. The molecule has 3 rings (SSSR count). The third-order valence-electron chi connectivity index (χ3n) is 3.53. The molecule has 3 aromatic rings. The zero-order valence-electron chi connectivity index (χ0n) is 11.6. The average molecular weight is 377 g/mol. The molecule has 0 fully saturated rings. The minimum absolute atomic E-state index is 0.251. The zero-order chi connectivity index (χ0) is 15.9. The molecule has 0 amide bonds. The van der Waals surface area contributed by atoms with Crippen molar-refractivity contribution in [2.45, 2.75) is 6.92 Å². The maximum atomic E-state index is 11.7. The van der Waals surface area contributed by atoms with Gasteiger partial charge in [-0.25, -0.2) is 9.78 Å². The van der Waals surface area contributed by atoms with Crippen LogP contribution in [-0.2, 0) is 0 Å². The number of pyridine rings is 1. The predicted molar refractivity (Wildman–Crippen MR) is 91.6 cm³/mol. The highest BCUT2D eigenvalue weighted by Gasteiger charge is 2.19. The van der Waals surface area contributed by atoms with Gasteiger partial charge >= 0.3 is 5.97 Å². The van der Waals surface area contributed by atoms with Crippen LogP contribution in [0.3, 0.4) is 0 Å². The molecule has 0 unspecified atom stereocenters. The first-order chi connectivity index (χ1) is 10.5. The Kier molecular flexibility index (Phi) is 3.89. The minimum Gasteiger partial charge on any atom is -0.478 e. The number of carboxylic acids is 1. The van der Waals surface area contributed by atoms with Crippen LogP contribution in [-0.4, -0.2) is 16.1 Å². The highest BCUT2D eigenvalue weighted by Crippen LogP contribution is 2.34. The van der Waals surface area contributed by atoms with Crippen LogP contribution < -0.4 is 0 Å². The topological polar surface area (TPSA) is 50.2 Å². The Morgan fingerprint density at radius 2 is 1.91 bits per heavy atom. The number of rotatable bonds is 2. The van der Waals surface area contributed by atoms with E-state index < -0.39 is 5.97 Å². The third-order valence-corrected chi connectivity index (χ3v) is 4.73. The Morgan fingerprint density at radius 3 is 2.55 bits per heavy atom. The SMILES string of the molecule is Cc1c(-c2ccccc2)nc2cc(Cl)c(Br)cc2c1C(=O)O. The molecule has 1 N–H and O–H groups in total. The first-order valence-electron chi connectivity index (χ1n) is 6.57. The molecule has 22 heavy (non-hydrogen) atoms. The zero-order valence-corrected chi connectivity index (χ0v) is 13.9. The van der Waals surface area contributed by atoms with Gasteiger partial charge in [0.25, 0.3) is 0 Å². The van der Waals surface area contributed by atoms with Crippen LogP contribution in [0, 0.1) is 6.92 Å². The number of hydrogen-bond donors (Lipinski definition) is 1. The summed E-state index contributed by atoms with van der Waals surface area (Å²) in [6.45, 7) is 1.78. The average Bonchev–Trinajstić information content (AvgIpc) is 2.49. The second kappa shape index (κ2) is 5.71. The highest BCUT2D eigenvalue weighted by atomic mass is 79.9. The number of carbonyl (C=O) groups is 1. The lowest BCUT2D eigenvalue weighted by atomic mass is 9.98. The van der Waals surface area contributed by atoms with Gasteiger partial charge in [-0.3, -0.25) is 0 Å². The minimum atomic E-state index is -0.976. The summed E-state index contributed by atoms with van der Waals surface area (Å²) < 4.78 is 0.651. The molecular weight excluding hydrogens is 366 g/mol. The summed E-state index contributed by atoms with van der Waals surface area (Å²) in [5, 5.41) is 10.7. The van der Waals surface area contributed by atoms with Crippen molar-refractivity contribution in [3.8, 4) is 11.3 Å². The number of fused-ring (bicyclic) bond motifs is 1. The first kappa shape index (κ1) is 15.0. The van der Waals surface area contributed by atoms with Crippen LogP contribution in [0.4, 0.5) is 0 Å². The first-order valence-corrected chi connectivity index (χ1v) is 7.74. The molecule has 0 aliphatic heterocycles. The van der Waals surface area contributed by atoms with Crippen LogP contribution in [0.25, 0.3) is 22.2 Å². The number of nitrogens with zero attached hydrogens (tertiary/aromatic N) is 1. The van der Waals surface area contributed by atoms with Crippen molar-refractivity contribution in [1.29, 1.82) is 0 Å². The van der Waals surface area contributed by atoms with E-state index in [0.29, 0.717) is 31.7 Å². The van der Waals surface area contributed by atoms with Gasteiger partial charge in [0.2, 0.25) is 0 Å². The second-order valence-electron chi connectivity index (χ2n) is 4.92. The lowest BCUT2D eigenvalue weighted by Gasteiger charge is -2.13. The molecule has 5 heteroatoms. The molecule has 0 radical (unpaired) electrons. The third kappa shape index (κ3) is 2.49. The fourth-order valence-electron chi connectivity index (χ4n) is 2.51. The van der Waals surface area contributed by atoms with Crippen LogP contribution >= 0.6 is 27.5 Å². The fourth-order valence-corrected chi connectivity index (χ4v) is 3.01. The molecule has 0 aliphatic carbocycles. The second-order valence-corrected chi connectivity index (χ2v) is 6.18. The van der Waals surface area contributed by atoms with Crippen molar-refractivity contribution in [2.75, 3.05) is 0 Å². The Balaban J connectivity index is 2.43. The van der Waals surface area contributed by atoms with Gasteiger partial charge in [-0.1, -0.05) is 41.9 Å². The summed E-state index contributed by atoms with van der Waals surface area (Å²) >= 11 is 9.46. The van der Waals surface area contributed by atoms with Crippen LogP contribution in [0.2, 0.25) is 5.02 Å². The van der Waals surface area contributed by atoms with Crippen LogP contribution in [0.5, 0.6) is 0 Å². The standard InChI is InChI=1S/C17H11BrClNO2/c1-9-15(17(21)22)11-7-12(18)13(19)8-14(11)20-16(9)10-5-3-2-4-6-10/h2-8H,1H3,(H,21,22). The van der Waals surface area contributed by atoms with Gasteiger partial charge in [-0.2, -0.15) is 0 Å². The van der Waals surface area contributed by atoms with Crippen molar-refractivity contribution in [1.82, 2.24) is 4.98 Å². The normalized spacial score (nSPS) is 10.9. The molecule has 2 aromatic carbocycles. The van der Waals surface area contributed by atoms with E-state index in [1.807, 2.05) is 30.3 Å². The highest BCUT2D eigenvalue weighted by molar-refractivity contribution is 9.10. The molecule has 0 atom stereocenters. The quantitative estimate of drug-likeness (QED) is 0.658. The summed E-state index contributed by atoms with van der Waals surface area (Å²) in [6, 6.07) is 12.9. The van der Waals surface area contributed by atoms with Crippen molar-refractivity contribution < 1.29 is 9.90 Å². The van der Waals surface area contributed by atoms with Crippen LogP contribution in [0.1, 0.15) is 15.9 Å². The molecule has 110 valence electrons. The van der Waals surface area contributed by atoms with E-state index in [2.05, 4.69) is 20.9 Å². The summed E-state index contributed by atoms with van der Waals surface area (Å²) in [4.78, 5) is 16.4. The van der Waals surface area contributed by atoms with Gasteiger partial charge in [0.15, 0.2) is 0 Å². The van der Waals surface area contributed by atoms with Crippen molar-refractivity contribution in [2.24, 2.45) is 0 Å². The molecule has 3 nitrogen and oxygen atoms in total. The Labute approximate surface area is 140 Å². The van der Waals surface area contributed by atoms with Crippen molar-refractivity contribution >= 4 is 44.4 Å². The van der Waals surface area contributed by atoms with E-state index in [1.54, 1.807) is 19.1 Å². The number of aromatic nitrogens is 1. The van der Waals surface area contributed by atoms with Gasteiger partial charge in [0.1, 0.15) is 0 Å². The number of carboxylic acid groups (broad SMARTS) is 1. The Hall–Kier alpha value is -1.91. The predicted octanol–water partition coefficient (Wildman–Crippen LogP) is 5.32. The van der Waals surface area contributed by atoms with Crippen molar-refractivity contribution in [3.05, 3.63) is 63.1 Å². The monoisotopic (exact) mass is 375 g/mol. The number of halogens is 2. The lowest BCUT2D eigenvalue weighted by molar-refractivity contribution is 0.0698. The summed E-state index contributed by atoms with van der Waals surface area (Å²) in [5.41, 5.74) is 2.99. The summed E-state index contributed by atoms with van der Waals surface area (Å²) in [5.74, 6) is -0.976. The van der Waals surface area contributed by atoms with E-state index in [4.69, 9.17) is 11.6 Å². The van der Waals surface area contributed by atoms with E-state index in [0.717, 1.165) is 5.56 Å². The molecule has 0 aliphatic rings. The lowest BCUT2D eigenvalue weighted by Crippen LogP contribution is -2.05. The summed E-state index contributed by atoms with van der Waals surface area (Å²) in [6.07, 6.45) is 0. The van der Waals surface area contributed by atoms with E-state index in [9.17, 15) is 9.90 Å². The summed E-state index contributed by atoms with van der Waals surface area (Å²) in [7, 11) is 0. The van der Waals surface area contributed by atoms with E-state index >= 15 is 0 Å². The van der Waals surface area contributed by atoms with Crippen LogP contribution in [0.15, 0.2) is 46.9 Å². The molecule has 0 spiro atoms. The Morgan fingerprint density at radius 1 is 1.23 bits per heavy atom. The number of benzene rings is 2. The molecule has 1 aromatic heterocycles. The van der Waals surface area contributed by atoms with Gasteiger partial charge in [0.05, 0.1) is 21.8 Å². The van der Waals surface area contributed by atoms with E-state index in [1.165, 1.54) is 0 Å². The smallest absolute Gasteiger partial charge is 0.336 e. The maximum absolute atomic E-state index is 11.7. The number of aromatic carboxylic acids is 1. The maximum Gasteiger partial charge on any atom is 0.336 e. The van der Waals surface area contributed by atoms with Gasteiger partial charge in [-0.05, 0) is 40.5 Å². The van der Waals surface area contributed by atoms with Crippen molar-refractivity contribution in [3.63, 3.8) is 0 Å². The molecule has 0 bridgehead atoms. The molecule has 1 heterocycles. The molecule has 0 saturated carbocycles. The fraction of sp³-hybridized carbons (Fsp3) is 0.0588. The van der Waals surface area contributed by atoms with Gasteiger partial charge < -0.3 is 5.11 Å². The largest absolute Gasteiger partial charge is 0.478 e.